The van der Waals surface area contributed by atoms with Crippen molar-refractivity contribution in [2.45, 2.75) is 43.3 Å². The molecule has 0 unspecified atom stereocenters. The number of nitrogens with zero attached hydrogens (tertiary/aromatic N) is 4. The van der Waals surface area contributed by atoms with Crippen LogP contribution in [0.15, 0.2) is 29.4 Å². The summed E-state index contributed by atoms with van der Waals surface area (Å²) >= 11 is 1.39. The predicted molar refractivity (Wildman–Crippen MR) is 100 cm³/mol. The molecule has 0 bridgehead atoms. The van der Waals surface area contributed by atoms with Crippen molar-refractivity contribution in [1.29, 1.82) is 0 Å². The Balaban J connectivity index is 1.52. The molecule has 1 aliphatic carbocycles. The molecular weight excluding hydrogens is 350 g/mol. The normalized spacial score (nSPS) is 19.7. The fraction of sp³-hybridized carbons (Fsp3) is 0.444. The average molecular weight is 371 g/mol. The largest absolute Gasteiger partial charge is 0.324 e. The van der Waals surface area contributed by atoms with Crippen LogP contribution in [0, 0.1) is 0 Å². The zero-order valence-electron chi connectivity index (χ0n) is 14.8. The number of carbonyl (C=O) groups is 2. The third-order valence-electron chi connectivity index (χ3n) is 4.76. The van der Waals surface area contributed by atoms with Gasteiger partial charge in [0, 0.05) is 25.4 Å². The van der Waals surface area contributed by atoms with Gasteiger partial charge in [0.05, 0.1) is 17.1 Å². The van der Waals surface area contributed by atoms with E-state index in [2.05, 4.69) is 15.5 Å². The molecule has 4 rings (SSSR count). The van der Waals surface area contributed by atoms with Gasteiger partial charge in [-0.1, -0.05) is 23.9 Å². The van der Waals surface area contributed by atoms with Crippen LogP contribution < -0.4 is 10.2 Å². The Morgan fingerprint density at radius 3 is 2.85 bits per heavy atom. The van der Waals surface area contributed by atoms with Crippen LogP contribution in [0.3, 0.4) is 0 Å². The van der Waals surface area contributed by atoms with Crippen LogP contribution in [0.1, 0.15) is 37.9 Å². The van der Waals surface area contributed by atoms with E-state index < -0.39 is 0 Å². The first kappa shape index (κ1) is 17.1. The second-order valence-corrected chi connectivity index (χ2v) is 7.79. The average Bonchev–Trinajstić information content (AvgIpc) is 3.39. The van der Waals surface area contributed by atoms with Crippen LogP contribution in [0.4, 0.5) is 11.4 Å². The van der Waals surface area contributed by atoms with Crippen LogP contribution in [0.2, 0.25) is 0 Å². The molecule has 26 heavy (non-hydrogen) atoms. The molecule has 2 aromatic rings. The molecule has 7 nitrogen and oxygen atoms in total. The van der Waals surface area contributed by atoms with E-state index in [4.69, 9.17) is 0 Å². The molecule has 1 saturated carbocycles. The van der Waals surface area contributed by atoms with Crippen LogP contribution in [0.25, 0.3) is 0 Å². The second-order valence-electron chi connectivity index (χ2n) is 6.84. The molecule has 2 aliphatic rings. The summed E-state index contributed by atoms with van der Waals surface area (Å²) in [5.41, 5.74) is 1.42. The monoisotopic (exact) mass is 371 g/mol. The number of amides is 2. The summed E-state index contributed by atoms with van der Waals surface area (Å²) < 4.78 is 1.99. The van der Waals surface area contributed by atoms with Gasteiger partial charge in [-0.3, -0.25) is 9.59 Å². The van der Waals surface area contributed by atoms with Gasteiger partial charge in [0.25, 0.3) is 0 Å². The third kappa shape index (κ3) is 3.21. The van der Waals surface area contributed by atoms with E-state index >= 15 is 0 Å². The first-order valence-electron chi connectivity index (χ1n) is 8.77. The van der Waals surface area contributed by atoms with Crippen LogP contribution in [-0.2, 0) is 16.6 Å². The van der Waals surface area contributed by atoms with Gasteiger partial charge >= 0.3 is 0 Å². The van der Waals surface area contributed by atoms with Gasteiger partial charge in [-0.05, 0) is 31.9 Å². The molecule has 0 radical (unpaired) electrons. The van der Waals surface area contributed by atoms with Gasteiger partial charge < -0.3 is 14.8 Å². The number of aromatic nitrogens is 3. The fourth-order valence-electron chi connectivity index (χ4n) is 3.31. The molecule has 1 fully saturated rings. The van der Waals surface area contributed by atoms with E-state index in [0.717, 1.165) is 16.7 Å². The minimum absolute atomic E-state index is 0.0394. The second kappa shape index (κ2) is 6.75. The summed E-state index contributed by atoms with van der Waals surface area (Å²) in [4.78, 5) is 26.7. The molecule has 1 atom stereocenters. The van der Waals surface area contributed by atoms with Gasteiger partial charge in [0.2, 0.25) is 11.8 Å². The Labute approximate surface area is 156 Å². The number of para-hydroxylation sites is 2. The molecule has 136 valence electrons. The van der Waals surface area contributed by atoms with Gasteiger partial charge in [0.15, 0.2) is 5.16 Å². The highest BCUT2D eigenvalue weighted by Crippen LogP contribution is 2.39. The lowest BCUT2D eigenvalue weighted by Crippen LogP contribution is -2.40. The van der Waals surface area contributed by atoms with E-state index in [1.165, 1.54) is 24.6 Å². The highest BCUT2D eigenvalue weighted by atomic mass is 32.2. The molecule has 0 saturated heterocycles. The lowest BCUT2D eigenvalue weighted by atomic mass is 10.2. The van der Waals surface area contributed by atoms with Gasteiger partial charge in [0.1, 0.15) is 5.82 Å². The molecule has 2 heterocycles. The molecule has 1 aromatic heterocycles. The number of benzene rings is 1. The smallest absolute Gasteiger partial charge is 0.237 e. The van der Waals surface area contributed by atoms with Crippen molar-refractivity contribution >= 4 is 35.0 Å². The molecular formula is C18H21N5O2S. The van der Waals surface area contributed by atoms with Crippen LogP contribution >= 0.6 is 11.8 Å². The number of carbonyl (C=O) groups excluding carboxylic acids is 2. The van der Waals surface area contributed by atoms with Crippen molar-refractivity contribution in [2.24, 2.45) is 7.05 Å². The van der Waals surface area contributed by atoms with Gasteiger partial charge in [-0.2, -0.15) is 0 Å². The number of hydrogen-bond acceptors (Lipinski definition) is 5. The third-order valence-corrected chi connectivity index (χ3v) is 5.77. The van der Waals surface area contributed by atoms with Crippen molar-refractivity contribution < 1.29 is 9.59 Å². The summed E-state index contributed by atoms with van der Waals surface area (Å²) in [6.45, 7) is 1.90. The molecule has 2 amide bonds. The highest BCUT2D eigenvalue weighted by Gasteiger charge is 2.31. The number of rotatable bonds is 4. The Bertz CT molecular complexity index is 861. The maximum absolute atomic E-state index is 13.0. The maximum atomic E-state index is 13.0. The zero-order valence-corrected chi connectivity index (χ0v) is 15.6. The van der Waals surface area contributed by atoms with E-state index in [1.807, 2.05) is 42.8 Å². The van der Waals surface area contributed by atoms with Gasteiger partial charge in [-0.25, -0.2) is 0 Å². The number of hydrogen-bond donors (Lipinski definition) is 1. The SMILES string of the molecule is C[C@@H]1CC(=O)Nc2ccccc2N1C(=O)CSc1nnc(C2CC2)n1C. The Morgan fingerprint density at radius 1 is 1.31 bits per heavy atom. The predicted octanol–water partition coefficient (Wildman–Crippen LogP) is 2.55. The fourth-order valence-corrected chi connectivity index (χ4v) is 4.09. The quantitative estimate of drug-likeness (QED) is 0.836. The van der Waals surface area contributed by atoms with Crippen LogP contribution in [-0.4, -0.2) is 38.4 Å². The zero-order chi connectivity index (χ0) is 18.3. The molecule has 1 N–H and O–H groups in total. The van der Waals surface area contributed by atoms with E-state index in [0.29, 0.717) is 11.6 Å². The summed E-state index contributed by atoms with van der Waals surface area (Å²) in [5, 5.41) is 12.1. The summed E-state index contributed by atoms with van der Waals surface area (Å²) in [6.07, 6.45) is 2.61. The lowest BCUT2D eigenvalue weighted by molar-refractivity contribution is -0.117. The number of thioether (sulfide) groups is 1. The van der Waals surface area contributed by atoms with Crippen molar-refractivity contribution in [3.8, 4) is 0 Å². The standard InChI is InChI=1S/C18H21N5O2S/c1-11-9-15(24)19-13-5-3-4-6-14(13)23(11)16(25)10-26-18-21-20-17(22(18)2)12-7-8-12/h3-6,11-12H,7-10H2,1-2H3,(H,19,24)/t11-/m1/s1. The molecule has 1 aliphatic heterocycles. The number of nitrogens with one attached hydrogen (secondary N) is 1. The van der Waals surface area contributed by atoms with Crippen molar-refractivity contribution in [3.63, 3.8) is 0 Å². The summed E-state index contributed by atoms with van der Waals surface area (Å²) in [5.74, 6) is 1.66. The van der Waals surface area contributed by atoms with Crippen molar-refractivity contribution in [2.75, 3.05) is 16.0 Å². The van der Waals surface area contributed by atoms with Gasteiger partial charge in [-0.15, -0.1) is 10.2 Å². The Hall–Kier alpha value is -2.35. The molecule has 0 spiro atoms. The van der Waals surface area contributed by atoms with E-state index in [1.54, 1.807) is 4.90 Å². The maximum Gasteiger partial charge on any atom is 0.237 e. The minimum Gasteiger partial charge on any atom is -0.324 e. The minimum atomic E-state index is -0.201. The topological polar surface area (TPSA) is 80.1 Å². The molecule has 1 aromatic carbocycles. The molecule has 8 heteroatoms. The van der Waals surface area contributed by atoms with Crippen LogP contribution in [0.5, 0.6) is 0 Å². The van der Waals surface area contributed by atoms with E-state index in [-0.39, 0.29) is 30.0 Å². The highest BCUT2D eigenvalue weighted by molar-refractivity contribution is 7.99. The van der Waals surface area contributed by atoms with Crippen molar-refractivity contribution in [3.05, 3.63) is 30.1 Å². The summed E-state index contributed by atoms with van der Waals surface area (Å²) in [7, 11) is 1.95. The Kier molecular flexibility index (Phi) is 4.44. The first-order chi connectivity index (χ1) is 12.5. The van der Waals surface area contributed by atoms with E-state index in [9.17, 15) is 9.59 Å². The first-order valence-corrected chi connectivity index (χ1v) is 9.76. The summed E-state index contributed by atoms with van der Waals surface area (Å²) in [6, 6.07) is 7.22. The lowest BCUT2D eigenvalue weighted by Gasteiger charge is -2.27. The van der Waals surface area contributed by atoms with Crippen molar-refractivity contribution in [1.82, 2.24) is 14.8 Å². The number of fused-ring (bicyclic) bond motifs is 1. The Morgan fingerprint density at radius 2 is 2.08 bits per heavy atom. The number of anilines is 2.